The van der Waals surface area contributed by atoms with E-state index in [9.17, 15) is 4.79 Å². The molecule has 0 radical (unpaired) electrons. The van der Waals surface area contributed by atoms with Crippen molar-refractivity contribution >= 4 is 19.0 Å². The third-order valence-electron chi connectivity index (χ3n) is 5.19. The van der Waals surface area contributed by atoms with Crippen molar-refractivity contribution in [2.75, 3.05) is 6.54 Å². The third kappa shape index (κ3) is 2.89. The fourth-order valence-corrected chi connectivity index (χ4v) is 3.00. The number of fused-ring (bicyclic) bond motifs is 1. The first-order valence-electron chi connectivity index (χ1n) is 8.16. The van der Waals surface area contributed by atoms with Crippen LogP contribution in [0.25, 0.3) is 6.08 Å². The van der Waals surface area contributed by atoms with Crippen molar-refractivity contribution < 1.29 is 14.1 Å². The lowest BCUT2D eigenvalue weighted by Gasteiger charge is -2.32. The number of carbonyl (C=O) groups is 1. The highest BCUT2D eigenvalue weighted by Gasteiger charge is 2.52. The second-order valence-corrected chi connectivity index (χ2v) is 7.35. The first-order chi connectivity index (χ1) is 10.7. The van der Waals surface area contributed by atoms with Crippen LogP contribution in [0.3, 0.4) is 0 Å². The molecular weight excluding hydrogens is 289 g/mol. The van der Waals surface area contributed by atoms with Gasteiger partial charge in [-0.05, 0) is 50.7 Å². The van der Waals surface area contributed by atoms with Gasteiger partial charge in [-0.15, -0.1) is 0 Å². The predicted octanol–water partition coefficient (Wildman–Crippen LogP) is 2.79. The Morgan fingerprint density at radius 2 is 1.87 bits per heavy atom. The summed E-state index contributed by atoms with van der Waals surface area (Å²) >= 11 is 0. The van der Waals surface area contributed by atoms with Crippen molar-refractivity contribution in [3.05, 3.63) is 40.4 Å². The molecule has 0 amide bonds. The lowest BCUT2D eigenvalue weighted by molar-refractivity contribution is 0.00578. The number of carbonyl (C=O) groups excluding carboxylic acids is 1. The van der Waals surface area contributed by atoms with Crippen molar-refractivity contribution in [1.82, 2.24) is 0 Å². The van der Waals surface area contributed by atoms with E-state index in [1.807, 2.05) is 45.9 Å². The molecule has 0 aromatic heterocycles. The highest BCUT2D eigenvalue weighted by molar-refractivity contribution is 6.55. The maximum atomic E-state index is 11.7. The molecule has 1 fully saturated rings. The first-order valence-corrected chi connectivity index (χ1v) is 8.16. The van der Waals surface area contributed by atoms with Gasteiger partial charge < -0.3 is 15.0 Å². The van der Waals surface area contributed by atoms with Gasteiger partial charge in [0.25, 0.3) is 0 Å². The minimum absolute atomic E-state index is 0.237. The summed E-state index contributed by atoms with van der Waals surface area (Å²) in [5.41, 5.74) is 9.09. The second kappa shape index (κ2) is 5.58. The van der Waals surface area contributed by atoms with E-state index < -0.39 is 7.12 Å². The van der Waals surface area contributed by atoms with Crippen LogP contribution < -0.4 is 5.73 Å². The average Bonchev–Trinajstić information content (AvgIpc) is 2.94. The predicted molar refractivity (Wildman–Crippen MR) is 92.2 cm³/mol. The minimum Gasteiger partial charge on any atom is -0.400 e. The molecule has 0 saturated carbocycles. The normalized spacial score (nSPS) is 22.6. The van der Waals surface area contributed by atoms with Crippen LogP contribution in [0.1, 0.15) is 55.6 Å². The lowest BCUT2D eigenvalue weighted by Crippen LogP contribution is -2.41. The summed E-state index contributed by atoms with van der Waals surface area (Å²) in [6.45, 7) is 8.49. The fraction of sp³-hybridized carbons (Fsp3) is 0.500. The summed E-state index contributed by atoms with van der Waals surface area (Å²) in [4.78, 5) is 11.7. The van der Waals surface area contributed by atoms with Crippen molar-refractivity contribution in [3.8, 4) is 0 Å². The monoisotopic (exact) mass is 313 g/mol. The van der Waals surface area contributed by atoms with Crippen LogP contribution in [0.4, 0.5) is 0 Å². The molecule has 0 spiro atoms. The topological polar surface area (TPSA) is 61.5 Å². The zero-order valence-electron chi connectivity index (χ0n) is 14.3. The van der Waals surface area contributed by atoms with E-state index in [4.69, 9.17) is 15.0 Å². The van der Waals surface area contributed by atoms with Crippen molar-refractivity contribution in [1.29, 1.82) is 0 Å². The lowest BCUT2D eigenvalue weighted by atomic mass is 9.77. The van der Waals surface area contributed by atoms with Gasteiger partial charge in [-0.1, -0.05) is 24.3 Å². The third-order valence-corrected chi connectivity index (χ3v) is 5.19. The molecule has 2 N–H and O–H groups in total. The van der Waals surface area contributed by atoms with Crippen LogP contribution in [0.15, 0.2) is 23.7 Å². The Morgan fingerprint density at radius 3 is 2.48 bits per heavy atom. The SMILES string of the molecule is CC1(C)OB(C(=Cc2ccc3c(c2)CCC3=O)CN)OC1(C)C. The summed E-state index contributed by atoms with van der Waals surface area (Å²) < 4.78 is 12.1. The van der Waals surface area contributed by atoms with Crippen LogP contribution in [0.5, 0.6) is 0 Å². The van der Waals surface area contributed by atoms with Gasteiger partial charge in [0.05, 0.1) is 11.2 Å². The van der Waals surface area contributed by atoms with Gasteiger partial charge >= 0.3 is 7.12 Å². The molecule has 0 bridgehead atoms. The number of benzene rings is 1. The maximum absolute atomic E-state index is 11.7. The highest BCUT2D eigenvalue weighted by atomic mass is 16.7. The second-order valence-electron chi connectivity index (χ2n) is 7.35. The molecular formula is C18H24BNO3. The molecule has 122 valence electrons. The van der Waals surface area contributed by atoms with E-state index in [-0.39, 0.29) is 17.0 Å². The van der Waals surface area contributed by atoms with Gasteiger partial charge in [-0.2, -0.15) is 0 Å². The number of Topliss-reactive ketones (excluding diaryl/α,β-unsaturated/α-hetero) is 1. The smallest absolute Gasteiger partial charge is 0.400 e. The Morgan fingerprint density at radius 1 is 1.22 bits per heavy atom. The minimum atomic E-state index is -0.431. The highest BCUT2D eigenvalue weighted by Crippen LogP contribution is 2.38. The van der Waals surface area contributed by atoms with E-state index in [2.05, 4.69) is 6.07 Å². The maximum Gasteiger partial charge on any atom is 0.491 e. The van der Waals surface area contributed by atoms with E-state index in [1.54, 1.807) is 0 Å². The van der Waals surface area contributed by atoms with Crippen LogP contribution in [0.2, 0.25) is 0 Å². The molecule has 1 heterocycles. The fourth-order valence-electron chi connectivity index (χ4n) is 3.00. The van der Waals surface area contributed by atoms with Crippen LogP contribution >= 0.6 is 0 Å². The van der Waals surface area contributed by atoms with Crippen molar-refractivity contribution in [3.63, 3.8) is 0 Å². The van der Waals surface area contributed by atoms with Crippen molar-refractivity contribution in [2.45, 2.75) is 51.7 Å². The molecule has 1 saturated heterocycles. The molecule has 4 nitrogen and oxygen atoms in total. The van der Waals surface area contributed by atoms with E-state index in [0.29, 0.717) is 13.0 Å². The molecule has 1 aromatic carbocycles. The molecule has 0 unspecified atom stereocenters. The average molecular weight is 313 g/mol. The zero-order valence-corrected chi connectivity index (χ0v) is 14.3. The quantitative estimate of drug-likeness (QED) is 0.872. The molecule has 1 aliphatic carbocycles. The van der Waals surface area contributed by atoms with Gasteiger partial charge in [0.1, 0.15) is 0 Å². The largest absolute Gasteiger partial charge is 0.491 e. The number of nitrogens with two attached hydrogens (primary N) is 1. The van der Waals surface area contributed by atoms with Gasteiger partial charge in [0, 0.05) is 18.5 Å². The molecule has 23 heavy (non-hydrogen) atoms. The molecule has 0 atom stereocenters. The zero-order chi connectivity index (χ0) is 16.8. The molecule has 1 aliphatic heterocycles. The Labute approximate surface area is 138 Å². The van der Waals surface area contributed by atoms with Crippen LogP contribution in [-0.2, 0) is 15.7 Å². The van der Waals surface area contributed by atoms with Gasteiger partial charge in [0.15, 0.2) is 5.78 Å². The Kier molecular flexibility index (Phi) is 3.99. The van der Waals surface area contributed by atoms with E-state index in [1.165, 1.54) is 0 Å². The van der Waals surface area contributed by atoms with Gasteiger partial charge in [0.2, 0.25) is 0 Å². The summed E-state index contributed by atoms with van der Waals surface area (Å²) in [7, 11) is -0.431. The number of aryl methyl sites for hydroxylation is 1. The van der Waals surface area contributed by atoms with E-state index in [0.717, 1.165) is 28.6 Å². The molecule has 1 aromatic rings. The van der Waals surface area contributed by atoms with Crippen LogP contribution in [0, 0.1) is 0 Å². The Hall–Kier alpha value is -1.43. The van der Waals surface area contributed by atoms with Gasteiger partial charge in [-0.25, -0.2) is 0 Å². The number of hydrogen-bond acceptors (Lipinski definition) is 4. The number of rotatable bonds is 3. The molecule has 5 heteroatoms. The van der Waals surface area contributed by atoms with Crippen molar-refractivity contribution in [2.24, 2.45) is 5.73 Å². The molecule has 3 rings (SSSR count). The van der Waals surface area contributed by atoms with Gasteiger partial charge in [-0.3, -0.25) is 4.79 Å². The van der Waals surface area contributed by atoms with Crippen LogP contribution in [-0.4, -0.2) is 30.6 Å². The van der Waals surface area contributed by atoms with E-state index >= 15 is 0 Å². The summed E-state index contributed by atoms with van der Waals surface area (Å²) in [6.07, 6.45) is 3.46. The number of hydrogen-bond donors (Lipinski definition) is 1. The summed E-state index contributed by atoms with van der Waals surface area (Å²) in [5, 5.41) is 0. The number of ketones is 1. The molecule has 2 aliphatic rings. The summed E-state index contributed by atoms with van der Waals surface area (Å²) in [5.74, 6) is 0.237. The Bertz CT molecular complexity index is 663. The summed E-state index contributed by atoms with van der Waals surface area (Å²) in [6, 6.07) is 5.94. The first kappa shape index (κ1) is 16.4. The Balaban J connectivity index is 1.87. The standard InChI is InChI=1S/C18H24BNO3/c1-17(2)18(3,4)23-19(22-17)14(11-20)10-12-5-7-15-13(9-12)6-8-16(15)21/h5,7,9-10H,6,8,11,20H2,1-4H3.